The van der Waals surface area contributed by atoms with E-state index in [9.17, 15) is 22.7 Å². The summed E-state index contributed by atoms with van der Waals surface area (Å²) in [5.74, 6) is -1.20. The van der Waals surface area contributed by atoms with Crippen molar-refractivity contribution in [2.24, 2.45) is 5.73 Å². The van der Waals surface area contributed by atoms with Crippen LogP contribution in [0.15, 0.2) is 52.3 Å². The van der Waals surface area contributed by atoms with Crippen LogP contribution in [0.25, 0.3) is 0 Å². The molecular formula is C18H19FN2O4S. The van der Waals surface area contributed by atoms with Crippen LogP contribution >= 0.6 is 0 Å². The molecule has 2 aromatic rings. The van der Waals surface area contributed by atoms with Crippen molar-refractivity contribution in [2.45, 2.75) is 22.1 Å². The highest BCUT2D eigenvalue weighted by Gasteiger charge is 2.28. The van der Waals surface area contributed by atoms with Gasteiger partial charge in [-0.15, -0.1) is 0 Å². The van der Waals surface area contributed by atoms with Gasteiger partial charge in [0.2, 0.25) is 15.7 Å². The predicted molar refractivity (Wildman–Crippen MR) is 93.0 cm³/mol. The van der Waals surface area contributed by atoms with E-state index in [4.69, 9.17) is 5.73 Å². The summed E-state index contributed by atoms with van der Waals surface area (Å²) in [7, 11) is -3.92. The van der Waals surface area contributed by atoms with Crippen LogP contribution in [0.5, 0.6) is 5.75 Å². The van der Waals surface area contributed by atoms with Crippen LogP contribution in [0.4, 0.5) is 4.39 Å². The van der Waals surface area contributed by atoms with E-state index in [-0.39, 0.29) is 28.0 Å². The van der Waals surface area contributed by atoms with E-state index in [0.29, 0.717) is 18.7 Å². The highest BCUT2D eigenvalue weighted by atomic mass is 32.2. The number of phenolic OH excluding ortho intramolecular Hbond substituents is 1. The van der Waals surface area contributed by atoms with Crippen LogP contribution in [0.2, 0.25) is 0 Å². The molecule has 6 nitrogen and oxygen atoms in total. The standard InChI is InChI=1S/C18H19FN2O4S/c19-13-2-1-3-14(8-13)26(24,25)15-4-5-16(17(22)9-15)12-6-7-21(10-12)11-18(20)23/h1-5,8-9,12,22H,6-7,10-11H2,(H2,20,23). The van der Waals surface area contributed by atoms with Gasteiger partial charge in [0.15, 0.2) is 0 Å². The zero-order chi connectivity index (χ0) is 18.9. The Morgan fingerprint density at radius 3 is 2.62 bits per heavy atom. The van der Waals surface area contributed by atoms with Crippen LogP contribution < -0.4 is 5.73 Å². The molecular weight excluding hydrogens is 359 g/mol. The number of benzene rings is 2. The second-order valence-corrected chi connectivity index (χ2v) is 8.32. The maximum absolute atomic E-state index is 13.3. The van der Waals surface area contributed by atoms with Gasteiger partial charge < -0.3 is 10.8 Å². The third-order valence-electron chi connectivity index (χ3n) is 4.51. The Balaban J connectivity index is 1.85. The van der Waals surface area contributed by atoms with Gasteiger partial charge in [0.1, 0.15) is 11.6 Å². The lowest BCUT2D eigenvalue weighted by atomic mass is 9.97. The summed E-state index contributed by atoms with van der Waals surface area (Å²) in [6, 6.07) is 8.90. The molecule has 26 heavy (non-hydrogen) atoms. The van der Waals surface area contributed by atoms with E-state index in [0.717, 1.165) is 18.6 Å². The first-order chi connectivity index (χ1) is 12.3. The molecule has 0 radical (unpaired) electrons. The zero-order valence-electron chi connectivity index (χ0n) is 13.9. The van der Waals surface area contributed by atoms with Crippen LogP contribution in [-0.4, -0.2) is 44.0 Å². The topological polar surface area (TPSA) is 101 Å². The molecule has 1 aliphatic rings. The van der Waals surface area contributed by atoms with E-state index >= 15 is 0 Å². The van der Waals surface area contributed by atoms with Gasteiger partial charge in [-0.1, -0.05) is 12.1 Å². The smallest absolute Gasteiger partial charge is 0.231 e. The van der Waals surface area contributed by atoms with Crippen molar-refractivity contribution in [1.29, 1.82) is 0 Å². The van der Waals surface area contributed by atoms with Crippen LogP contribution in [-0.2, 0) is 14.6 Å². The number of carbonyl (C=O) groups is 1. The number of nitrogens with zero attached hydrogens (tertiary/aromatic N) is 1. The number of likely N-dealkylation sites (tertiary alicyclic amines) is 1. The van der Waals surface area contributed by atoms with Crippen molar-refractivity contribution < 1.29 is 22.7 Å². The Morgan fingerprint density at radius 1 is 1.23 bits per heavy atom. The molecule has 1 amide bonds. The van der Waals surface area contributed by atoms with Crippen molar-refractivity contribution in [2.75, 3.05) is 19.6 Å². The molecule has 0 spiro atoms. The largest absolute Gasteiger partial charge is 0.508 e. The third-order valence-corrected chi connectivity index (χ3v) is 6.26. The fraction of sp³-hybridized carbons (Fsp3) is 0.278. The number of nitrogens with two attached hydrogens (primary N) is 1. The Kier molecular flexibility index (Phi) is 4.97. The molecule has 0 aliphatic carbocycles. The summed E-state index contributed by atoms with van der Waals surface area (Å²) in [5, 5.41) is 10.3. The average molecular weight is 378 g/mol. The van der Waals surface area contributed by atoms with Gasteiger partial charge in [0.05, 0.1) is 16.3 Å². The minimum Gasteiger partial charge on any atom is -0.508 e. The minimum atomic E-state index is -3.92. The molecule has 1 fully saturated rings. The molecule has 1 aliphatic heterocycles. The fourth-order valence-corrected chi connectivity index (χ4v) is 4.57. The van der Waals surface area contributed by atoms with Gasteiger partial charge in [-0.25, -0.2) is 12.8 Å². The monoisotopic (exact) mass is 378 g/mol. The zero-order valence-corrected chi connectivity index (χ0v) is 14.7. The number of aromatic hydroxyl groups is 1. The number of primary amides is 1. The minimum absolute atomic E-state index is 0.0136. The number of phenols is 1. The molecule has 0 saturated carbocycles. The second kappa shape index (κ2) is 7.05. The highest BCUT2D eigenvalue weighted by Crippen LogP contribution is 2.35. The van der Waals surface area contributed by atoms with E-state index in [1.165, 1.54) is 24.3 Å². The van der Waals surface area contributed by atoms with Gasteiger partial charge in [0.25, 0.3) is 0 Å². The lowest BCUT2D eigenvalue weighted by Gasteiger charge is -2.15. The Hall–Kier alpha value is -2.45. The number of halogens is 1. The molecule has 3 rings (SSSR count). The first-order valence-corrected chi connectivity index (χ1v) is 9.60. The van der Waals surface area contributed by atoms with Crippen molar-refractivity contribution >= 4 is 15.7 Å². The number of carbonyl (C=O) groups excluding carboxylic acids is 1. The van der Waals surface area contributed by atoms with E-state index in [1.54, 1.807) is 6.07 Å². The summed E-state index contributed by atoms with van der Waals surface area (Å²) >= 11 is 0. The average Bonchev–Trinajstić information content (AvgIpc) is 3.02. The third kappa shape index (κ3) is 3.71. The van der Waals surface area contributed by atoms with Crippen LogP contribution in [0, 0.1) is 5.82 Å². The van der Waals surface area contributed by atoms with Gasteiger partial charge >= 0.3 is 0 Å². The molecule has 1 unspecified atom stereocenters. The van der Waals surface area contributed by atoms with Crippen molar-refractivity contribution in [3.63, 3.8) is 0 Å². The van der Waals surface area contributed by atoms with Crippen molar-refractivity contribution in [3.05, 3.63) is 53.8 Å². The van der Waals surface area contributed by atoms with Crippen LogP contribution in [0.1, 0.15) is 17.9 Å². The normalized spacial score (nSPS) is 18.1. The number of sulfone groups is 1. The Bertz CT molecular complexity index is 946. The predicted octanol–water partition coefficient (Wildman–Crippen LogP) is 1.64. The lowest BCUT2D eigenvalue weighted by Crippen LogP contribution is -2.31. The summed E-state index contributed by atoms with van der Waals surface area (Å²) in [5.41, 5.74) is 5.82. The number of amides is 1. The fourth-order valence-electron chi connectivity index (χ4n) is 3.26. The molecule has 0 aromatic heterocycles. The van der Waals surface area contributed by atoms with Gasteiger partial charge in [-0.3, -0.25) is 9.69 Å². The van der Waals surface area contributed by atoms with Gasteiger partial charge in [-0.05, 0) is 48.9 Å². The molecule has 1 saturated heterocycles. The molecule has 138 valence electrons. The molecule has 0 bridgehead atoms. The van der Waals surface area contributed by atoms with E-state index < -0.39 is 21.6 Å². The summed E-state index contributed by atoms with van der Waals surface area (Å²) in [4.78, 5) is 12.6. The SMILES string of the molecule is NC(=O)CN1CCC(c2ccc(S(=O)(=O)c3cccc(F)c3)cc2O)C1. The van der Waals surface area contributed by atoms with Crippen molar-refractivity contribution in [1.82, 2.24) is 4.90 Å². The van der Waals surface area contributed by atoms with E-state index in [2.05, 4.69) is 0 Å². The summed E-state index contributed by atoms with van der Waals surface area (Å²) in [6.45, 7) is 1.40. The maximum atomic E-state index is 13.3. The number of hydrogen-bond acceptors (Lipinski definition) is 5. The maximum Gasteiger partial charge on any atom is 0.231 e. The first kappa shape index (κ1) is 18.3. The molecule has 2 aromatic carbocycles. The number of rotatable bonds is 5. The van der Waals surface area contributed by atoms with Gasteiger partial charge in [0, 0.05) is 12.5 Å². The van der Waals surface area contributed by atoms with Gasteiger partial charge in [-0.2, -0.15) is 0 Å². The summed E-state index contributed by atoms with van der Waals surface area (Å²) in [6.07, 6.45) is 0.733. The number of hydrogen-bond donors (Lipinski definition) is 2. The molecule has 8 heteroatoms. The lowest BCUT2D eigenvalue weighted by molar-refractivity contribution is -0.118. The first-order valence-electron chi connectivity index (χ1n) is 8.11. The Labute approximate surface area is 151 Å². The second-order valence-electron chi connectivity index (χ2n) is 6.37. The summed E-state index contributed by atoms with van der Waals surface area (Å²) < 4.78 is 38.6. The Morgan fingerprint density at radius 2 is 1.96 bits per heavy atom. The quantitative estimate of drug-likeness (QED) is 0.824. The van der Waals surface area contributed by atoms with Crippen molar-refractivity contribution in [3.8, 4) is 5.75 Å². The molecule has 3 N–H and O–H groups in total. The molecule has 1 heterocycles. The highest BCUT2D eigenvalue weighted by molar-refractivity contribution is 7.91. The van der Waals surface area contributed by atoms with E-state index in [1.807, 2.05) is 4.90 Å². The molecule has 1 atom stereocenters. The van der Waals surface area contributed by atoms with Crippen LogP contribution in [0.3, 0.4) is 0 Å².